The van der Waals surface area contributed by atoms with Crippen molar-refractivity contribution in [1.29, 1.82) is 0 Å². The summed E-state index contributed by atoms with van der Waals surface area (Å²) >= 11 is 0. The lowest BCUT2D eigenvalue weighted by atomic mass is 10.1. The molecule has 0 radical (unpaired) electrons. The summed E-state index contributed by atoms with van der Waals surface area (Å²) in [6, 6.07) is 23.7. The zero-order chi connectivity index (χ0) is 20.5. The molecule has 0 aliphatic rings. The number of hydrogen-bond acceptors (Lipinski definition) is 4. The SMILES string of the molecule is COc1ccc(CCC(=O)Nc2ccc(NCc3ccccc3)cc2)cc1OC. The summed E-state index contributed by atoms with van der Waals surface area (Å²) in [5.41, 5.74) is 4.04. The van der Waals surface area contributed by atoms with E-state index in [2.05, 4.69) is 22.8 Å². The van der Waals surface area contributed by atoms with Crippen LogP contribution < -0.4 is 20.1 Å². The van der Waals surface area contributed by atoms with Gasteiger partial charge in [0.1, 0.15) is 0 Å². The molecule has 150 valence electrons. The van der Waals surface area contributed by atoms with E-state index in [1.807, 2.05) is 60.7 Å². The summed E-state index contributed by atoms with van der Waals surface area (Å²) < 4.78 is 10.5. The number of anilines is 2. The van der Waals surface area contributed by atoms with Crippen molar-refractivity contribution in [2.24, 2.45) is 0 Å². The van der Waals surface area contributed by atoms with Crippen LogP contribution in [0.4, 0.5) is 11.4 Å². The normalized spacial score (nSPS) is 10.3. The van der Waals surface area contributed by atoms with Gasteiger partial charge in [-0.2, -0.15) is 0 Å². The van der Waals surface area contributed by atoms with E-state index in [1.54, 1.807) is 14.2 Å². The Kier molecular flexibility index (Phi) is 7.11. The highest BCUT2D eigenvalue weighted by atomic mass is 16.5. The van der Waals surface area contributed by atoms with E-state index in [0.717, 1.165) is 23.5 Å². The third-order valence-electron chi connectivity index (χ3n) is 4.60. The van der Waals surface area contributed by atoms with E-state index in [4.69, 9.17) is 9.47 Å². The Morgan fingerprint density at radius 2 is 1.48 bits per heavy atom. The van der Waals surface area contributed by atoms with Gasteiger partial charge in [0.15, 0.2) is 11.5 Å². The van der Waals surface area contributed by atoms with Crippen molar-refractivity contribution in [3.63, 3.8) is 0 Å². The number of benzene rings is 3. The maximum Gasteiger partial charge on any atom is 0.224 e. The highest BCUT2D eigenvalue weighted by Crippen LogP contribution is 2.28. The van der Waals surface area contributed by atoms with Crippen molar-refractivity contribution in [2.45, 2.75) is 19.4 Å². The van der Waals surface area contributed by atoms with Gasteiger partial charge in [-0.15, -0.1) is 0 Å². The van der Waals surface area contributed by atoms with Crippen molar-refractivity contribution in [3.05, 3.63) is 83.9 Å². The predicted octanol–water partition coefficient (Wildman–Crippen LogP) is 4.89. The quantitative estimate of drug-likeness (QED) is 0.546. The molecular formula is C24H26N2O3. The van der Waals surface area contributed by atoms with E-state index >= 15 is 0 Å². The van der Waals surface area contributed by atoms with Gasteiger partial charge in [0.05, 0.1) is 14.2 Å². The minimum absolute atomic E-state index is 0.0234. The fourth-order valence-electron chi connectivity index (χ4n) is 2.99. The van der Waals surface area contributed by atoms with E-state index in [9.17, 15) is 4.79 Å². The fraction of sp³-hybridized carbons (Fsp3) is 0.208. The van der Waals surface area contributed by atoms with Crippen LogP contribution in [0.25, 0.3) is 0 Å². The minimum Gasteiger partial charge on any atom is -0.493 e. The van der Waals surface area contributed by atoms with E-state index in [-0.39, 0.29) is 5.91 Å². The topological polar surface area (TPSA) is 59.6 Å². The van der Waals surface area contributed by atoms with Crippen molar-refractivity contribution in [2.75, 3.05) is 24.9 Å². The number of aryl methyl sites for hydroxylation is 1. The number of carbonyl (C=O) groups excluding carboxylic acids is 1. The molecule has 1 amide bonds. The molecule has 0 heterocycles. The zero-order valence-electron chi connectivity index (χ0n) is 16.8. The Morgan fingerprint density at radius 3 is 2.17 bits per heavy atom. The Balaban J connectivity index is 1.48. The summed E-state index contributed by atoms with van der Waals surface area (Å²) in [4.78, 5) is 12.3. The van der Waals surface area contributed by atoms with Gasteiger partial charge in [0, 0.05) is 24.3 Å². The standard InChI is InChI=1S/C24H26N2O3/c1-28-22-14-8-18(16-23(22)29-2)9-15-24(27)26-21-12-10-20(11-13-21)25-17-19-6-4-3-5-7-19/h3-8,10-14,16,25H,9,15,17H2,1-2H3,(H,26,27). The summed E-state index contributed by atoms with van der Waals surface area (Å²) in [7, 11) is 3.21. The number of rotatable bonds is 9. The van der Waals surface area contributed by atoms with Crippen LogP contribution in [0.3, 0.4) is 0 Å². The molecule has 0 aliphatic heterocycles. The highest BCUT2D eigenvalue weighted by Gasteiger charge is 2.07. The first kappa shape index (κ1) is 20.3. The minimum atomic E-state index is -0.0234. The van der Waals surface area contributed by atoms with Crippen LogP contribution in [0.15, 0.2) is 72.8 Å². The van der Waals surface area contributed by atoms with E-state index < -0.39 is 0 Å². The monoisotopic (exact) mass is 390 g/mol. The van der Waals surface area contributed by atoms with Gasteiger partial charge >= 0.3 is 0 Å². The lowest BCUT2D eigenvalue weighted by Crippen LogP contribution is -2.12. The Labute approximate surface area is 171 Å². The summed E-state index contributed by atoms with van der Waals surface area (Å²) in [5, 5.41) is 6.32. The Bertz CT molecular complexity index is 925. The number of nitrogens with one attached hydrogen (secondary N) is 2. The number of methoxy groups -OCH3 is 2. The van der Waals surface area contributed by atoms with Gasteiger partial charge in [-0.3, -0.25) is 4.79 Å². The predicted molar refractivity (Wildman–Crippen MR) is 117 cm³/mol. The van der Waals surface area contributed by atoms with Crippen LogP contribution in [0, 0.1) is 0 Å². The third kappa shape index (κ3) is 6.01. The molecule has 0 saturated carbocycles. The van der Waals surface area contributed by atoms with Crippen LogP contribution in [-0.2, 0) is 17.8 Å². The molecule has 0 fully saturated rings. The molecule has 29 heavy (non-hydrogen) atoms. The van der Waals surface area contributed by atoms with Crippen molar-refractivity contribution in [1.82, 2.24) is 0 Å². The molecule has 0 aliphatic carbocycles. The van der Waals surface area contributed by atoms with Gasteiger partial charge in [0.25, 0.3) is 0 Å². The summed E-state index contributed by atoms with van der Waals surface area (Å²) in [6.45, 7) is 0.762. The second kappa shape index (κ2) is 10.2. The van der Waals surface area contributed by atoms with Gasteiger partial charge in [0.2, 0.25) is 5.91 Å². The van der Waals surface area contributed by atoms with E-state index in [1.165, 1.54) is 5.56 Å². The van der Waals surface area contributed by atoms with Gasteiger partial charge in [-0.1, -0.05) is 36.4 Å². The lowest BCUT2D eigenvalue weighted by molar-refractivity contribution is -0.116. The summed E-state index contributed by atoms with van der Waals surface area (Å²) in [5.74, 6) is 1.33. The number of hydrogen-bond donors (Lipinski definition) is 2. The van der Waals surface area contributed by atoms with Crippen molar-refractivity contribution in [3.8, 4) is 11.5 Å². The van der Waals surface area contributed by atoms with E-state index in [0.29, 0.717) is 24.3 Å². The molecule has 0 unspecified atom stereocenters. The molecule has 2 N–H and O–H groups in total. The van der Waals surface area contributed by atoms with Crippen LogP contribution in [0.2, 0.25) is 0 Å². The molecule has 0 bridgehead atoms. The smallest absolute Gasteiger partial charge is 0.224 e. The largest absolute Gasteiger partial charge is 0.493 e. The van der Waals surface area contributed by atoms with Crippen LogP contribution in [0.1, 0.15) is 17.5 Å². The first-order valence-electron chi connectivity index (χ1n) is 9.56. The first-order chi connectivity index (χ1) is 14.2. The highest BCUT2D eigenvalue weighted by molar-refractivity contribution is 5.91. The number of amides is 1. The van der Waals surface area contributed by atoms with Crippen LogP contribution >= 0.6 is 0 Å². The second-order valence-electron chi connectivity index (χ2n) is 6.65. The van der Waals surface area contributed by atoms with Gasteiger partial charge in [-0.25, -0.2) is 0 Å². The third-order valence-corrected chi connectivity index (χ3v) is 4.60. The van der Waals surface area contributed by atoms with Crippen molar-refractivity contribution < 1.29 is 14.3 Å². The van der Waals surface area contributed by atoms with Gasteiger partial charge < -0.3 is 20.1 Å². The van der Waals surface area contributed by atoms with Crippen LogP contribution in [-0.4, -0.2) is 20.1 Å². The average Bonchev–Trinajstić information content (AvgIpc) is 2.77. The second-order valence-corrected chi connectivity index (χ2v) is 6.65. The Hall–Kier alpha value is -3.47. The number of ether oxygens (including phenoxy) is 2. The molecule has 0 spiro atoms. The lowest BCUT2D eigenvalue weighted by Gasteiger charge is -2.10. The Morgan fingerprint density at radius 1 is 0.793 bits per heavy atom. The molecular weight excluding hydrogens is 364 g/mol. The molecule has 0 saturated heterocycles. The molecule has 0 atom stereocenters. The fourth-order valence-corrected chi connectivity index (χ4v) is 2.99. The zero-order valence-corrected chi connectivity index (χ0v) is 16.8. The summed E-state index contributed by atoms with van der Waals surface area (Å²) in [6.07, 6.45) is 1.02. The van der Waals surface area contributed by atoms with Crippen LogP contribution in [0.5, 0.6) is 11.5 Å². The molecule has 3 aromatic carbocycles. The van der Waals surface area contributed by atoms with Crippen molar-refractivity contribution >= 4 is 17.3 Å². The molecule has 3 aromatic rings. The molecule has 0 aromatic heterocycles. The molecule has 5 heteroatoms. The maximum absolute atomic E-state index is 12.3. The first-order valence-corrected chi connectivity index (χ1v) is 9.56. The van der Waals surface area contributed by atoms with Gasteiger partial charge in [-0.05, 0) is 53.9 Å². The molecule has 3 rings (SSSR count). The maximum atomic E-state index is 12.3. The average molecular weight is 390 g/mol. The number of carbonyl (C=O) groups is 1. The molecule has 5 nitrogen and oxygen atoms in total.